The maximum absolute atomic E-state index is 16.0. The molecule has 0 unspecified atom stereocenters. The summed E-state index contributed by atoms with van der Waals surface area (Å²) in [6.07, 6.45) is 2.07. The molecule has 1 amide bonds. The van der Waals surface area contributed by atoms with Crippen LogP contribution in [0.5, 0.6) is 5.88 Å². The van der Waals surface area contributed by atoms with Gasteiger partial charge in [0, 0.05) is 28.7 Å². The number of nitrogens with zero attached hydrogens (tertiary/aromatic N) is 3. The van der Waals surface area contributed by atoms with Crippen molar-refractivity contribution in [3.8, 4) is 17.1 Å². The first-order valence-corrected chi connectivity index (χ1v) is 15.4. The molecule has 2 aromatic carbocycles. The summed E-state index contributed by atoms with van der Waals surface area (Å²) in [6, 6.07) is 13.2. The summed E-state index contributed by atoms with van der Waals surface area (Å²) in [7, 11) is 1.45. The van der Waals surface area contributed by atoms with E-state index in [9.17, 15) is 23.8 Å². The van der Waals surface area contributed by atoms with Gasteiger partial charge in [0.2, 0.25) is 5.88 Å². The third-order valence-corrected chi connectivity index (χ3v) is 9.01. The predicted molar refractivity (Wildman–Crippen MR) is 170 cm³/mol. The van der Waals surface area contributed by atoms with E-state index in [0.717, 1.165) is 48.9 Å². The van der Waals surface area contributed by atoms with Gasteiger partial charge >= 0.3 is 0 Å². The lowest BCUT2D eigenvalue weighted by Crippen LogP contribution is -2.43. The Morgan fingerprint density at radius 2 is 1.79 bits per heavy atom. The Bertz CT molecular complexity index is 2040. The second kappa shape index (κ2) is 12.1. The van der Waals surface area contributed by atoms with Crippen molar-refractivity contribution in [3.63, 3.8) is 0 Å². The molecule has 1 atom stereocenters. The quantitative estimate of drug-likeness (QED) is 0.146. The van der Waals surface area contributed by atoms with Crippen molar-refractivity contribution in [2.45, 2.75) is 43.8 Å². The molecule has 1 fully saturated rings. The highest BCUT2D eigenvalue weighted by molar-refractivity contribution is 6.43. The molecule has 8 nitrogen and oxygen atoms in total. The Hall–Kier alpha value is -4.16. The number of pyridine rings is 2. The fourth-order valence-corrected chi connectivity index (χ4v) is 5.82. The van der Waals surface area contributed by atoms with Crippen LogP contribution in [0.3, 0.4) is 0 Å². The zero-order valence-corrected chi connectivity index (χ0v) is 26.9. The summed E-state index contributed by atoms with van der Waals surface area (Å²) in [5.41, 5.74) is -3.60. The van der Waals surface area contributed by atoms with E-state index in [1.807, 2.05) is 6.07 Å². The van der Waals surface area contributed by atoms with Crippen molar-refractivity contribution in [1.82, 2.24) is 19.9 Å². The first kappa shape index (κ1) is 32.8. The normalized spacial score (nSPS) is 14.7. The van der Waals surface area contributed by atoms with Gasteiger partial charge in [0.15, 0.2) is 5.82 Å². The van der Waals surface area contributed by atoms with Gasteiger partial charge in [-0.05, 0) is 74.7 Å². The van der Waals surface area contributed by atoms with Crippen LogP contribution in [-0.2, 0) is 11.2 Å². The average Bonchev–Trinajstić information content (AvgIpc) is 3.80. The van der Waals surface area contributed by atoms with Crippen LogP contribution in [0.25, 0.3) is 16.8 Å². The minimum Gasteiger partial charge on any atom is -0.481 e. The number of aromatic nitrogens is 3. The molecule has 5 aromatic rings. The van der Waals surface area contributed by atoms with E-state index < -0.39 is 51.8 Å². The largest absolute Gasteiger partial charge is 0.481 e. The van der Waals surface area contributed by atoms with Crippen LogP contribution >= 0.6 is 23.2 Å². The van der Waals surface area contributed by atoms with Crippen molar-refractivity contribution in [1.29, 1.82) is 0 Å². The number of ether oxygens (including phenoxy) is 1. The molecule has 3 heterocycles. The summed E-state index contributed by atoms with van der Waals surface area (Å²) in [4.78, 5) is 18.0. The van der Waals surface area contributed by atoms with Gasteiger partial charge in [-0.25, -0.2) is 22.7 Å². The van der Waals surface area contributed by atoms with E-state index in [2.05, 4.69) is 15.4 Å². The highest BCUT2D eigenvalue weighted by Crippen LogP contribution is 2.41. The Morgan fingerprint density at radius 3 is 2.45 bits per heavy atom. The van der Waals surface area contributed by atoms with E-state index in [4.69, 9.17) is 27.9 Å². The number of aliphatic hydroxyl groups is 2. The molecule has 0 spiro atoms. The average molecular weight is 686 g/mol. The van der Waals surface area contributed by atoms with Gasteiger partial charge in [0.1, 0.15) is 22.9 Å². The van der Waals surface area contributed by atoms with Crippen LogP contribution in [0.1, 0.15) is 65.5 Å². The first-order chi connectivity index (χ1) is 22.2. The molecule has 3 aromatic heterocycles. The molecule has 244 valence electrons. The monoisotopic (exact) mass is 684 g/mol. The molecular weight excluding hydrogens is 656 g/mol. The van der Waals surface area contributed by atoms with Crippen molar-refractivity contribution < 1.29 is 32.9 Å². The number of nitrogens with one attached hydrogen (secondary N) is 1. The van der Waals surface area contributed by atoms with E-state index in [-0.39, 0.29) is 33.0 Å². The number of carbonyl (C=O) groups is 1. The number of benzene rings is 2. The number of amides is 1. The Kier molecular flexibility index (Phi) is 8.46. The maximum Gasteiger partial charge on any atom is 0.251 e. The van der Waals surface area contributed by atoms with Gasteiger partial charge in [-0.15, -0.1) is 0 Å². The molecular formula is C34H29Cl2F3N4O4. The molecule has 1 aliphatic rings. The highest BCUT2D eigenvalue weighted by Gasteiger charge is 2.38. The number of rotatable bonds is 9. The summed E-state index contributed by atoms with van der Waals surface area (Å²) in [6.45, 7) is 2.06. The molecule has 1 saturated carbocycles. The Labute approximate surface area is 277 Å². The van der Waals surface area contributed by atoms with Gasteiger partial charge in [0.05, 0.1) is 46.2 Å². The molecule has 47 heavy (non-hydrogen) atoms. The third-order valence-electron chi connectivity index (χ3n) is 8.15. The minimum atomic E-state index is -2.29. The second-order valence-corrected chi connectivity index (χ2v) is 12.8. The number of methoxy groups -OCH3 is 1. The number of fused-ring (bicyclic) bond motifs is 1. The van der Waals surface area contributed by atoms with Crippen LogP contribution < -0.4 is 10.1 Å². The first-order valence-electron chi connectivity index (χ1n) is 14.6. The van der Waals surface area contributed by atoms with E-state index in [1.165, 1.54) is 39.2 Å². The zero-order chi connectivity index (χ0) is 33.8. The lowest BCUT2D eigenvalue weighted by atomic mass is 9.86. The van der Waals surface area contributed by atoms with Crippen LogP contribution in [0.2, 0.25) is 10.0 Å². The molecule has 0 aliphatic heterocycles. The number of halogens is 5. The molecule has 0 radical (unpaired) electrons. The SMILES string of the molecule is COc1cc(C(=O)NC[C@@](O)(c2cccc(F)c2)c2cc(C(C)(C)O)c(F)c(-c3ccc(F)c(Cl)c3Cl)n2)cc2cc(C3CC3)nn12. The number of hydrogen-bond acceptors (Lipinski definition) is 6. The van der Waals surface area contributed by atoms with Gasteiger partial charge in [-0.3, -0.25) is 4.79 Å². The maximum atomic E-state index is 16.0. The van der Waals surface area contributed by atoms with Crippen LogP contribution in [0.4, 0.5) is 13.2 Å². The number of hydrogen-bond donors (Lipinski definition) is 3. The third kappa shape index (κ3) is 6.16. The lowest BCUT2D eigenvalue weighted by molar-refractivity contribution is 0.0624. The topological polar surface area (TPSA) is 109 Å². The molecule has 3 N–H and O–H groups in total. The van der Waals surface area contributed by atoms with Gasteiger partial charge in [-0.2, -0.15) is 5.10 Å². The highest BCUT2D eigenvalue weighted by atomic mass is 35.5. The Balaban J connectivity index is 1.46. The lowest BCUT2D eigenvalue weighted by Gasteiger charge is -2.31. The van der Waals surface area contributed by atoms with E-state index >= 15 is 4.39 Å². The van der Waals surface area contributed by atoms with Crippen molar-refractivity contribution in [2.24, 2.45) is 0 Å². The minimum absolute atomic E-state index is 0.0364. The second-order valence-electron chi connectivity index (χ2n) is 12.0. The van der Waals surface area contributed by atoms with E-state index in [1.54, 1.807) is 10.6 Å². The Morgan fingerprint density at radius 1 is 1.04 bits per heavy atom. The molecule has 1 aliphatic carbocycles. The standard InChI is InChI=1S/C34H29Cl2F3N4O4/c1-33(2,45)23-15-26(41-31(30(23)39)22-9-10-24(38)29(36)28(22)35)34(46,19-5-4-6-20(37)13-19)16-40-32(44)18-11-21-14-25(17-7-8-17)42-43(21)27(12-18)47-3/h4-6,9-15,17,45-46H,7-8,16H2,1-3H3,(H,40,44)/t34-/m1/s1. The van der Waals surface area contributed by atoms with Gasteiger partial charge in [-0.1, -0.05) is 35.3 Å². The fourth-order valence-electron chi connectivity index (χ4n) is 5.41. The van der Waals surface area contributed by atoms with Crippen LogP contribution in [-0.4, -0.2) is 44.4 Å². The molecule has 6 rings (SSSR count). The molecule has 0 bridgehead atoms. The molecule has 0 saturated heterocycles. The van der Waals surface area contributed by atoms with Crippen LogP contribution in [0.15, 0.2) is 60.7 Å². The van der Waals surface area contributed by atoms with Gasteiger partial charge < -0.3 is 20.3 Å². The zero-order valence-electron chi connectivity index (χ0n) is 25.4. The number of carbonyl (C=O) groups excluding carboxylic acids is 1. The summed E-state index contributed by atoms with van der Waals surface area (Å²) in [5, 5.41) is 29.7. The van der Waals surface area contributed by atoms with Crippen molar-refractivity contribution in [3.05, 3.63) is 116 Å². The molecule has 13 heteroatoms. The smallest absolute Gasteiger partial charge is 0.251 e. The summed E-state index contributed by atoms with van der Waals surface area (Å²) < 4.78 is 51.9. The predicted octanol–water partition coefficient (Wildman–Crippen LogP) is 6.90. The van der Waals surface area contributed by atoms with E-state index in [0.29, 0.717) is 17.3 Å². The van der Waals surface area contributed by atoms with Crippen LogP contribution in [0, 0.1) is 17.5 Å². The summed E-state index contributed by atoms with van der Waals surface area (Å²) >= 11 is 12.3. The fraction of sp³-hybridized carbons (Fsp3) is 0.265. The van der Waals surface area contributed by atoms with Crippen molar-refractivity contribution >= 4 is 34.6 Å². The van der Waals surface area contributed by atoms with Crippen molar-refractivity contribution in [2.75, 3.05) is 13.7 Å². The summed E-state index contributed by atoms with van der Waals surface area (Å²) in [5.74, 6) is -2.51. The van der Waals surface area contributed by atoms with Gasteiger partial charge in [0.25, 0.3) is 5.91 Å².